The molecule has 1 aliphatic rings. The van der Waals surface area contributed by atoms with Gasteiger partial charge in [0.05, 0.1) is 11.8 Å². The summed E-state index contributed by atoms with van der Waals surface area (Å²) in [5.41, 5.74) is 3.44. The normalized spacial score (nSPS) is 16.4. The Morgan fingerprint density at radius 2 is 2.04 bits per heavy atom. The van der Waals surface area contributed by atoms with Gasteiger partial charge in [-0.05, 0) is 38.4 Å². The van der Waals surface area contributed by atoms with Crippen molar-refractivity contribution in [3.63, 3.8) is 0 Å². The van der Waals surface area contributed by atoms with E-state index >= 15 is 0 Å². The van der Waals surface area contributed by atoms with Crippen LogP contribution in [0.5, 0.6) is 0 Å². The summed E-state index contributed by atoms with van der Waals surface area (Å²) in [6, 6.07) is 15.9. The van der Waals surface area contributed by atoms with Crippen molar-refractivity contribution in [3.8, 4) is 22.8 Å². The van der Waals surface area contributed by atoms with Crippen molar-refractivity contribution >= 4 is 5.91 Å². The Bertz CT molecular complexity index is 925. The summed E-state index contributed by atoms with van der Waals surface area (Å²) in [5, 5.41) is 6.41. The molecule has 1 fully saturated rings. The first-order chi connectivity index (χ1) is 13.2. The minimum atomic E-state index is -0.102. The van der Waals surface area contributed by atoms with Crippen molar-refractivity contribution in [1.82, 2.24) is 15.6 Å². The Hall–Kier alpha value is -2.92. The van der Waals surface area contributed by atoms with Gasteiger partial charge in [-0.2, -0.15) is 0 Å². The Balaban J connectivity index is 1.55. The highest BCUT2D eigenvalue weighted by Crippen LogP contribution is 2.28. The van der Waals surface area contributed by atoms with Crippen LogP contribution >= 0.6 is 0 Å². The average molecular weight is 361 g/mol. The summed E-state index contributed by atoms with van der Waals surface area (Å²) in [5.74, 6) is 1.04. The number of oxazole rings is 1. The van der Waals surface area contributed by atoms with E-state index in [-0.39, 0.29) is 5.91 Å². The summed E-state index contributed by atoms with van der Waals surface area (Å²) in [6.07, 6.45) is 3.97. The van der Waals surface area contributed by atoms with E-state index in [0.717, 1.165) is 24.9 Å². The van der Waals surface area contributed by atoms with Crippen molar-refractivity contribution in [2.45, 2.75) is 25.8 Å². The number of hydrogen-bond acceptors (Lipinski definition) is 4. The third-order valence-corrected chi connectivity index (χ3v) is 4.92. The van der Waals surface area contributed by atoms with Crippen LogP contribution in [0.25, 0.3) is 22.8 Å². The lowest BCUT2D eigenvalue weighted by atomic mass is 10.1. The second kappa shape index (κ2) is 7.76. The second-order valence-electron chi connectivity index (χ2n) is 6.94. The number of nitrogens with one attached hydrogen (secondary N) is 2. The minimum absolute atomic E-state index is 0.102. The van der Waals surface area contributed by atoms with E-state index in [0.29, 0.717) is 35.4 Å². The molecule has 3 aromatic rings. The summed E-state index contributed by atoms with van der Waals surface area (Å²) >= 11 is 0. The van der Waals surface area contributed by atoms with Crippen molar-refractivity contribution in [1.29, 1.82) is 0 Å². The molecule has 138 valence electrons. The number of rotatable bonds is 5. The number of amides is 1. The Morgan fingerprint density at radius 3 is 2.81 bits per heavy atom. The van der Waals surface area contributed by atoms with Gasteiger partial charge in [-0.15, -0.1) is 0 Å². The molecule has 4 rings (SSSR count). The zero-order chi connectivity index (χ0) is 18.6. The van der Waals surface area contributed by atoms with Crippen LogP contribution in [0.4, 0.5) is 0 Å². The SMILES string of the molecule is Cc1ccc(-c2cnc(-c3ccccc3C(=O)NCC3CCCN3)o2)cc1. The van der Waals surface area contributed by atoms with Crippen LogP contribution in [0.1, 0.15) is 28.8 Å². The summed E-state index contributed by atoms with van der Waals surface area (Å²) in [6.45, 7) is 3.70. The number of aryl methyl sites for hydroxylation is 1. The molecule has 5 heteroatoms. The first kappa shape index (κ1) is 17.5. The molecular formula is C22H23N3O2. The fourth-order valence-electron chi connectivity index (χ4n) is 3.36. The number of carbonyl (C=O) groups excluding carboxylic acids is 1. The molecule has 0 spiro atoms. The van der Waals surface area contributed by atoms with Crippen LogP contribution < -0.4 is 10.6 Å². The summed E-state index contributed by atoms with van der Waals surface area (Å²) in [7, 11) is 0. The second-order valence-corrected chi connectivity index (χ2v) is 6.94. The minimum Gasteiger partial charge on any atom is -0.436 e. The zero-order valence-electron chi connectivity index (χ0n) is 15.4. The molecule has 2 heterocycles. The highest BCUT2D eigenvalue weighted by molar-refractivity contribution is 6.00. The first-order valence-corrected chi connectivity index (χ1v) is 9.34. The van der Waals surface area contributed by atoms with Gasteiger partial charge < -0.3 is 15.1 Å². The van der Waals surface area contributed by atoms with Crippen molar-refractivity contribution in [3.05, 3.63) is 65.9 Å². The van der Waals surface area contributed by atoms with E-state index in [9.17, 15) is 4.79 Å². The topological polar surface area (TPSA) is 67.2 Å². The molecule has 1 aliphatic heterocycles. The number of aromatic nitrogens is 1. The predicted octanol–water partition coefficient (Wildman–Crippen LogP) is 3.80. The molecule has 0 aliphatic carbocycles. The van der Waals surface area contributed by atoms with Gasteiger partial charge in [-0.25, -0.2) is 4.98 Å². The van der Waals surface area contributed by atoms with Gasteiger partial charge in [0.15, 0.2) is 5.76 Å². The zero-order valence-corrected chi connectivity index (χ0v) is 15.4. The lowest BCUT2D eigenvalue weighted by molar-refractivity contribution is 0.0950. The van der Waals surface area contributed by atoms with Gasteiger partial charge in [-0.3, -0.25) is 4.79 Å². The molecule has 1 saturated heterocycles. The van der Waals surface area contributed by atoms with E-state index in [2.05, 4.69) is 15.6 Å². The maximum Gasteiger partial charge on any atom is 0.252 e. The highest BCUT2D eigenvalue weighted by Gasteiger charge is 2.19. The number of benzene rings is 2. The molecule has 1 aromatic heterocycles. The third kappa shape index (κ3) is 3.93. The van der Waals surface area contributed by atoms with Gasteiger partial charge in [0.25, 0.3) is 5.91 Å². The van der Waals surface area contributed by atoms with Gasteiger partial charge in [-0.1, -0.05) is 42.0 Å². The van der Waals surface area contributed by atoms with E-state index in [1.54, 1.807) is 6.20 Å². The lowest BCUT2D eigenvalue weighted by Crippen LogP contribution is -2.37. The molecule has 2 aromatic carbocycles. The third-order valence-electron chi connectivity index (χ3n) is 4.92. The molecule has 2 N–H and O–H groups in total. The Labute approximate surface area is 158 Å². The van der Waals surface area contributed by atoms with Crippen LogP contribution in [0.15, 0.2) is 59.1 Å². The van der Waals surface area contributed by atoms with E-state index in [4.69, 9.17) is 4.42 Å². The number of nitrogens with zero attached hydrogens (tertiary/aromatic N) is 1. The molecule has 1 unspecified atom stereocenters. The quantitative estimate of drug-likeness (QED) is 0.725. The summed E-state index contributed by atoms with van der Waals surface area (Å²) in [4.78, 5) is 17.1. The van der Waals surface area contributed by atoms with Gasteiger partial charge in [0.2, 0.25) is 5.89 Å². The predicted molar refractivity (Wildman–Crippen MR) is 105 cm³/mol. The standard InChI is InChI=1S/C22H23N3O2/c1-15-8-10-16(11-9-15)20-14-25-22(27-20)19-7-3-2-6-18(19)21(26)24-13-17-5-4-12-23-17/h2-3,6-11,14,17,23H,4-5,12-13H2,1H3,(H,24,26). The van der Waals surface area contributed by atoms with Crippen LogP contribution in [-0.2, 0) is 0 Å². The lowest BCUT2D eigenvalue weighted by Gasteiger charge is -2.12. The first-order valence-electron chi connectivity index (χ1n) is 9.34. The fourth-order valence-corrected chi connectivity index (χ4v) is 3.36. The smallest absolute Gasteiger partial charge is 0.252 e. The molecule has 0 radical (unpaired) electrons. The van der Waals surface area contributed by atoms with Crippen LogP contribution in [0, 0.1) is 6.92 Å². The van der Waals surface area contributed by atoms with Crippen LogP contribution in [0.2, 0.25) is 0 Å². The van der Waals surface area contributed by atoms with Crippen molar-refractivity contribution in [2.24, 2.45) is 0 Å². The van der Waals surface area contributed by atoms with Gasteiger partial charge in [0, 0.05) is 23.7 Å². The van der Waals surface area contributed by atoms with Crippen LogP contribution in [-0.4, -0.2) is 30.0 Å². The largest absolute Gasteiger partial charge is 0.436 e. The molecule has 0 saturated carbocycles. The number of hydrogen-bond donors (Lipinski definition) is 2. The molecular weight excluding hydrogens is 338 g/mol. The fraction of sp³-hybridized carbons (Fsp3) is 0.273. The molecule has 1 amide bonds. The van der Waals surface area contributed by atoms with Crippen LogP contribution in [0.3, 0.4) is 0 Å². The van der Waals surface area contributed by atoms with E-state index < -0.39 is 0 Å². The summed E-state index contributed by atoms with van der Waals surface area (Å²) < 4.78 is 5.96. The van der Waals surface area contributed by atoms with E-state index in [1.165, 1.54) is 5.56 Å². The van der Waals surface area contributed by atoms with Gasteiger partial charge >= 0.3 is 0 Å². The maximum atomic E-state index is 12.7. The van der Waals surface area contributed by atoms with Crippen molar-refractivity contribution in [2.75, 3.05) is 13.1 Å². The molecule has 27 heavy (non-hydrogen) atoms. The molecule has 5 nitrogen and oxygen atoms in total. The maximum absolute atomic E-state index is 12.7. The molecule has 1 atom stereocenters. The molecule has 0 bridgehead atoms. The Kier molecular flexibility index (Phi) is 5.03. The van der Waals surface area contributed by atoms with Gasteiger partial charge in [0.1, 0.15) is 0 Å². The average Bonchev–Trinajstić information content (AvgIpc) is 3.39. The Morgan fingerprint density at radius 1 is 1.22 bits per heavy atom. The monoisotopic (exact) mass is 361 g/mol. The highest BCUT2D eigenvalue weighted by atomic mass is 16.4. The van der Waals surface area contributed by atoms with Crippen molar-refractivity contribution < 1.29 is 9.21 Å². The van der Waals surface area contributed by atoms with E-state index in [1.807, 2.05) is 55.5 Å². The number of carbonyl (C=O) groups is 1.